The average molecular weight is 217 g/mol. The summed E-state index contributed by atoms with van der Waals surface area (Å²) in [6.07, 6.45) is 1.11. The molecule has 0 saturated heterocycles. The van der Waals surface area contributed by atoms with Gasteiger partial charge in [0, 0.05) is 12.6 Å². The van der Waals surface area contributed by atoms with Gasteiger partial charge in [0.15, 0.2) is 0 Å². The second-order valence-electron chi connectivity index (χ2n) is 4.59. The van der Waals surface area contributed by atoms with Crippen molar-refractivity contribution in [2.45, 2.75) is 40.2 Å². The van der Waals surface area contributed by atoms with Gasteiger partial charge >= 0.3 is 0 Å². The average Bonchev–Trinajstić information content (AvgIpc) is 2.21. The Morgan fingerprint density at radius 1 is 1.00 bits per heavy atom. The molecule has 0 bridgehead atoms. The summed E-state index contributed by atoms with van der Waals surface area (Å²) in [4.78, 5) is 0. The van der Waals surface area contributed by atoms with E-state index in [0.717, 1.165) is 13.0 Å². The quantitative estimate of drug-likeness (QED) is 0.601. The lowest BCUT2D eigenvalue weighted by Crippen LogP contribution is -2.33. The van der Waals surface area contributed by atoms with E-state index in [4.69, 9.17) is 15.2 Å². The summed E-state index contributed by atoms with van der Waals surface area (Å²) in [6.45, 7) is 11.3. The van der Waals surface area contributed by atoms with Gasteiger partial charge in [-0.25, -0.2) is 0 Å². The Morgan fingerprint density at radius 2 is 1.53 bits per heavy atom. The van der Waals surface area contributed by atoms with Crippen LogP contribution in [0.2, 0.25) is 0 Å². The fourth-order valence-electron chi connectivity index (χ4n) is 1.12. The topological polar surface area (TPSA) is 44.5 Å². The third-order valence-corrected chi connectivity index (χ3v) is 2.51. The number of rotatable bonds is 9. The van der Waals surface area contributed by atoms with Crippen molar-refractivity contribution >= 4 is 0 Å². The summed E-state index contributed by atoms with van der Waals surface area (Å²) >= 11 is 0. The second-order valence-corrected chi connectivity index (χ2v) is 4.59. The van der Waals surface area contributed by atoms with Crippen LogP contribution in [-0.2, 0) is 9.47 Å². The molecule has 2 atom stereocenters. The molecule has 2 unspecified atom stereocenters. The molecule has 0 aliphatic heterocycles. The highest BCUT2D eigenvalue weighted by atomic mass is 16.5. The zero-order chi connectivity index (χ0) is 11.7. The summed E-state index contributed by atoms with van der Waals surface area (Å²) in [5.41, 5.74) is 5.92. The monoisotopic (exact) mass is 217 g/mol. The van der Waals surface area contributed by atoms with Crippen LogP contribution in [0, 0.1) is 11.8 Å². The third kappa shape index (κ3) is 8.85. The minimum atomic E-state index is 0.153. The van der Waals surface area contributed by atoms with Gasteiger partial charge in [0.25, 0.3) is 0 Å². The van der Waals surface area contributed by atoms with E-state index in [0.29, 0.717) is 31.7 Å². The maximum absolute atomic E-state index is 5.92. The highest BCUT2D eigenvalue weighted by molar-refractivity contribution is 4.66. The van der Waals surface area contributed by atoms with E-state index in [1.54, 1.807) is 0 Å². The van der Waals surface area contributed by atoms with E-state index in [1.807, 2.05) is 0 Å². The molecule has 0 rings (SSSR count). The standard InChI is InChI=1S/C12H27NO2/c1-5-11(4)12(13)9-15-7-6-14-8-10(2)3/h10-12H,5-9,13H2,1-4H3. The SMILES string of the molecule is CCC(C)C(N)COCCOCC(C)C. The van der Waals surface area contributed by atoms with Crippen molar-refractivity contribution in [2.24, 2.45) is 17.6 Å². The van der Waals surface area contributed by atoms with Gasteiger partial charge in [-0.3, -0.25) is 0 Å². The maximum atomic E-state index is 5.92. The molecule has 0 aliphatic rings. The molecule has 0 saturated carbocycles. The number of hydrogen-bond donors (Lipinski definition) is 1. The van der Waals surface area contributed by atoms with E-state index >= 15 is 0 Å². The Labute approximate surface area is 94.3 Å². The van der Waals surface area contributed by atoms with Crippen LogP contribution in [-0.4, -0.2) is 32.5 Å². The lowest BCUT2D eigenvalue weighted by Gasteiger charge is -2.18. The Morgan fingerprint density at radius 3 is 2.00 bits per heavy atom. The van der Waals surface area contributed by atoms with E-state index < -0.39 is 0 Å². The van der Waals surface area contributed by atoms with Crippen molar-refractivity contribution in [3.8, 4) is 0 Å². The van der Waals surface area contributed by atoms with Gasteiger partial charge in [0.1, 0.15) is 0 Å². The van der Waals surface area contributed by atoms with Crippen LogP contribution in [0.25, 0.3) is 0 Å². The van der Waals surface area contributed by atoms with Crippen molar-refractivity contribution in [1.29, 1.82) is 0 Å². The van der Waals surface area contributed by atoms with Crippen molar-refractivity contribution in [1.82, 2.24) is 0 Å². The summed E-state index contributed by atoms with van der Waals surface area (Å²) in [5, 5.41) is 0. The number of ether oxygens (including phenoxy) is 2. The molecule has 0 spiro atoms. The molecule has 2 N–H and O–H groups in total. The Hall–Kier alpha value is -0.120. The molecule has 0 aliphatic carbocycles. The maximum Gasteiger partial charge on any atom is 0.0701 e. The minimum absolute atomic E-state index is 0.153. The second kappa shape index (κ2) is 9.13. The summed E-state index contributed by atoms with van der Waals surface area (Å²) in [7, 11) is 0. The van der Waals surface area contributed by atoms with Gasteiger partial charge in [-0.05, 0) is 11.8 Å². The van der Waals surface area contributed by atoms with E-state index in [2.05, 4.69) is 27.7 Å². The highest BCUT2D eigenvalue weighted by Crippen LogP contribution is 2.05. The molecule has 15 heavy (non-hydrogen) atoms. The van der Waals surface area contributed by atoms with Gasteiger partial charge < -0.3 is 15.2 Å². The smallest absolute Gasteiger partial charge is 0.0701 e. The van der Waals surface area contributed by atoms with Crippen LogP contribution < -0.4 is 5.73 Å². The Bertz CT molecular complexity index is 140. The van der Waals surface area contributed by atoms with Gasteiger partial charge in [0.05, 0.1) is 19.8 Å². The van der Waals surface area contributed by atoms with Crippen molar-refractivity contribution in [3.05, 3.63) is 0 Å². The van der Waals surface area contributed by atoms with E-state index in [1.165, 1.54) is 0 Å². The molecule has 0 aromatic rings. The zero-order valence-electron chi connectivity index (χ0n) is 10.7. The Kier molecular flexibility index (Phi) is 9.06. The molecule has 0 aromatic carbocycles. The van der Waals surface area contributed by atoms with Crippen LogP contribution >= 0.6 is 0 Å². The molecule has 0 radical (unpaired) electrons. The molecule has 0 aromatic heterocycles. The first-order valence-corrected chi connectivity index (χ1v) is 5.99. The van der Waals surface area contributed by atoms with E-state index in [-0.39, 0.29) is 6.04 Å². The molecular formula is C12H27NO2. The van der Waals surface area contributed by atoms with Crippen molar-refractivity contribution in [3.63, 3.8) is 0 Å². The molecule has 92 valence electrons. The lowest BCUT2D eigenvalue weighted by atomic mass is 10.0. The van der Waals surface area contributed by atoms with Gasteiger partial charge in [-0.1, -0.05) is 34.1 Å². The van der Waals surface area contributed by atoms with Crippen molar-refractivity contribution in [2.75, 3.05) is 26.4 Å². The first-order chi connectivity index (χ1) is 7.07. The number of hydrogen-bond acceptors (Lipinski definition) is 3. The normalized spacial score (nSPS) is 15.6. The van der Waals surface area contributed by atoms with Gasteiger partial charge in [-0.2, -0.15) is 0 Å². The minimum Gasteiger partial charge on any atom is -0.379 e. The van der Waals surface area contributed by atoms with Crippen LogP contribution in [0.5, 0.6) is 0 Å². The largest absolute Gasteiger partial charge is 0.379 e. The van der Waals surface area contributed by atoms with Gasteiger partial charge in [-0.15, -0.1) is 0 Å². The molecule has 0 fully saturated rings. The molecule has 3 heteroatoms. The number of nitrogens with two attached hydrogens (primary N) is 1. The van der Waals surface area contributed by atoms with Crippen LogP contribution in [0.3, 0.4) is 0 Å². The van der Waals surface area contributed by atoms with Crippen LogP contribution in [0.4, 0.5) is 0 Å². The summed E-state index contributed by atoms with van der Waals surface area (Å²) in [6, 6.07) is 0.153. The van der Waals surface area contributed by atoms with Crippen molar-refractivity contribution < 1.29 is 9.47 Å². The van der Waals surface area contributed by atoms with Crippen LogP contribution in [0.1, 0.15) is 34.1 Å². The first kappa shape index (κ1) is 14.9. The molecular weight excluding hydrogens is 190 g/mol. The van der Waals surface area contributed by atoms with E-state index in [9.17, 15) is 0 Å². The molecule has 3 nitrogen and oxygen atoms in total. The van der Waals surface area contributed by atoms with Crippen LogP contribution in [0.15, 0.2) is 0 Å². The third-order valence-electron chi connectivity index (χ3n) is 2.51. The fourth-order valence-corrected chi connectivity index (χ4v) is 1.12. The Balaban J connectivity index is 3.23. The van der Waals surface area contributed by atoms with Gasteiger partial charge in [0.2, 0.25) is 0 Å². The molecule has 0 amide bonds. The highest BCUT2D eigenvalue weighted by Gasteiger charge is 2.09. The summed E-state index contributed by atoms with van der Waals surface area (Å²) in [5.74, 6) is 1.12. The lowest BCUT2D eigenvalue weighted by molar-refractivity contribution is 0.0292. The first-order valence-electron chi connectivity index (χ1n) is 5.99. The predicted molar refractivity (Wildman–Crippen MR) is 63.9 cm³/mol. The molecule has 0 heterocycles. The summed E-state index contributed by atoms with van der Waals surface area (Å²) < 4.78 is 10.8. The zero-order valence-corrected chi connectivity index (χ0v) is 10.7. The predicted octanol–water partition coefficient (Wildman–Crippen LogP) is 2.05. The fraction of sp³-hybridized carbons (Fsp3) is 1.00.